The number of fused-ring (bicyclic) bond motifs is 1. The third kappa shape index (κ3) is 5.02. The fraction of sp³-hybridized carbons (Fsp3) is 0.179. The average molecular weight is 476 g/mol. The van der Waals surface area contributed by atoms with Gasteiger partial charge in [0.25, 0.3) is 0 Å². The van der Waals surface area contributed by atoms with Crippen LogP contribution in [0.25, 0.3) is 17.2 Å². The molecule has 0 saturated heterocycles. The molecule has 0 aromatic heterocycles. The Morgan fingerprint density at radius 3 is 2.50 bits per heavy atom. The molecule has 34 heavy (non-hydrogen) atoms. The third-order valence-electron chi connectivity index (χ3n) is 5.98. The molecule has 0 radical (unpaired) electrons. The number of amides is 1. The zero-order valence-corrected chi connectivity index (χ0v) is 20.2. The van der Waals surface area contributed by atoms with Crippen LogP contribution in [0.3, 0.4) is 0 Å². The first-order valence-electron chi connectivity index (χ1n) is 10.9. The third-order valence-corrected chi connectivity index (χ3v) is 6.92. The minimum atomic E-state index is -1.04. The van der Waals surface area contributed by atoms with E-state index in [4.69, 9.17) is 4.74 Å². The van der Waals surface area contributed by atoms with Crippen molar-refractivity contribution in [3.05, 3.63) is 100 Å². The molecule has 1 N–H and O–H groups in total. The van der Waals surface area contributed by atoms with E-state index in [-0.39, 0.29) is 18.1 Å². The van der Waals surface area contributed by atoms with E-state index in [9.17, 15) is 13.4 Å². The van der Waals surface area contributed by atoms with Crippen molar-refractivity contribution in [2.24, 2.45) is 0 Å². The molecular formula is C28H26FNO3S. The standard InChI is InChI=1S/C28H26FNO3S/c1-18-24(14-19-8-11-22(12-9-19)34(3)32)23-13-10-21(29)15-26(23)25(18)16-28(31)30-17-20-6-4-5-7-27(20)33-2/h4-15H,16-17H2,1-3H3,(H,30,31)/b24-14-. The molecule has 1 aliphatic rings. The van der Waals surface area contributed by atoms with Gasteiger partial charge in [-0.15, -0.1) is 0 Å². The molecule has 0 heterocycles. The Labute approximate surface area is 201 Å². The van der Waals surface area contributed by atoms with Gasteiger partial charge < -0.3 is 10.1 Å². The highest BCUT2D eigenvalue weighted by molar-refractivity contribution is 7.84. The molecule has 174 valence electrons. The number of carbonyl (C=O) groups excluding carboxylic acids is 1. The molecular weight excluding hydrogens is 449 g/mol. The second-order valence-electron chi connectivity index (χ2n) is 8.14. The maximum Gasteiger partial charge on any atom is 0.224 e. The van der Waals surface area contributed by atoms with Crippen molar-refractivity contribution in [1.82, 2.24) is 5.32 Å². The molecule has 4 rings (SSSR count). The van der Waals surface area contributed by atoms with Gasteiger partial charge in [-0.25, -0.2) is 4.39 Å². The van der Waals surface area contributed by atoms with E-state index in [0.717, 1.165) is 49.6 Å². The molecule has 1 atom stereocenters. The maximum atomic E-state index is 14.1. The van der Waals surface area contributed by atoms with Crippen LogP contribution in [-0.4, -0.2) is 23.5 Å². The Balaban J connectivity index is 1.60. The van der Waals surface area contributed by atoms with E-state index in [1.165, 1.54) is 12.1 Å². The number of carbonyl (C=O) groups is 1. The lowest BCUT2D eigenvalue weighted by atomic mass is 10.0. The first kappa shape index (κ1) is 23.6. The summed E-state index contributed by atoms with van der Waals surface area (Å²) in [5, 5.41) is 2.95. The molecule has 0 saturated carbocycles. The lowest BCUT2D eigenvalue weighted by Crippen LogP contribution is -2.23. The minimum Gasteiger partial charge on any atom is -0.496 e. The van der Waals surface area contributed by atoms with Crippen LogP contribution < -0.4 is 10.1 Å². The van der Waals surface area contributed by atoms with Crippen LogP contribution in [-0.2, 0) is 22.1 Å². The van der Waals surface area contributed by atoms with Gasteiger partial charge in [-0.1, -0.05) is 36.4 Å². The van der Waals surface area contributed by atoms with Crippen LogP contribution in [0.5, 0.6) is 5.75 Å². The number of ether oxygens (including phenoxy) is 1. The van der Waals surface area contributed by atoms with Gasteiger partial charge in [0.2, 0.25) is 5.91 Å². The topological polar surface area (TPSA) is 55.4 Å². The van der Waals surface area contributed by atoms with Gasteiger partial charge in [-0.3, -0.25) is 9.00 Å². The van der Waals surface area contributed by atoms with Crippen molar-refractivity contribution < 1.29 is 18.1 Å². The van der Waals surface area contributed by atoms with Crippen molar-refractivity contribution in [3.8, 4) is 5.75 Å². The fourth-order valence-corrected chi connectivity index (χ4v) is 4.69. The molecule has 3 aromatic rings. The Kier molecular flexibility index (Phi) is 7.08. The summed E-state index contributed by atoms with van der Waals surface area (Å²) in [4.78, 5) is 13.6. The fourth-order valence-electron chi connectivity index (χ4n) is 4.17. The monoisotopic (exact) mass is 475 g/mol. The minimum absolute atomic E-state index is 0.141. The summed E-state index contributed by atoms with van der Waals surface area (Å²) >= 11 is 0. The Morgan fingerprint density at radius 2 is 1.79 bits per heavy atom. The largest absolute Gasteiger partial charge is 0.496 e. The Hall–Kier alpha value is -3.51. The number of rotatable bonds is 7. The zero-order valence-electron chi connectivity index (χ0n) is 19.4. The summed E-state index contributed by atoms with van der Waals surface area (Å²) in [6.45, 7) is 2.31. The second kappa shape index (κ2) is 10.2. The van der Waals surface area contributed by atoms with Crippen molar-refractivity contribution in [3.63, 3.8) is 0 Å². The Morgan fingerprint density at radius 1 is 1.06 bits per heavy atom. The van der Waals surface area contributed by atoms with Gasteiger partial charge in [0.1, 0.15) is 11.6 Å². The summed E-state index contributed by atoms with van der Waals surface area (Å²) in [7, 11) is 0.557. The van der Waals surface area contributed by atoms with Crippen LogP contribution in [0.4, 0.5) is 4.39 Å². The van der Waals surface area contributed by atoms with Crippen LogP contribution in [0.1, 0.15) is 35.6 Å². The predicted octanol–water partition coefficient (Wildman–Crippen LogP) is 5.61. The van der Waals surface area contributed by atoms with Crippen molar-refractivity contribution >= 4 is 33.9 Å². The number of hydrogen-bond donors (Lipinski definition) is 1. The first-order valence-corrected chi connectivity index (χ1v) is 12.5. The smallest absolute Gasteiger partial charge is 0.224 e. The molecule has 1 unspecified atom stereocenters. The summed E-state index contributed by atoms with van der Waals surface area (Å²) in [6.07, 6.45) is 3.81. The van der Waals surface area contributed by atoms with Crippen LogP contribution in [0, 0.1) is 5.82 Å². The molecule has 0 bridgehead atoms. The lowest BCUT2D eigenvalue weighted by molar-refractivity contribution is -0.120. The predicted molar refractivity (Wildman–Crippen MR) is 135 cm³/mol. The van der Waals surface area contributed by atoms with Gasteiger partial charge >= 0.3 is 0 Å². The highest BCUT2D eigenvalue weighted by atomic mass is 32.2. The zero-order chi connectivity index (χ0) is 24.2. The highest BCUT2D eigenvalue weighted by Crippen LogP contribution is 2.43. The van der Waals surface area contributed by atoms with Gasteiger partial charge in [0, 0.05) is 34.1 Å². The van der Waals surface area contributed by atoms with E-state index in [1.54, 1.807) is 19.4 Å². The van der Waals surface area contributed by atoms with Gasteiger partial charge in [-0.2, -0.15) is 0 Å². The normalized spacial score (nSPS) is 14.8. The highest BCUT2D eigenvalue weighted by Gasteiger charge is 2.25. The molecule has 6 heteroatoms. The first-order chi connectivity index (χ1) is 16.4. The van der Waals surface area contributed by atoms with E-state index < -0.39 is 10.8 Å². The molecule has 0 aliphatic heterocycles. The molecule has 1 amide bonds. The van der Waals surface area contributed by atoms with E-state index in [1.807, 2.05) is 61.5 Å². The molecule has 1 aliphatic carbocycles. The van der Waals surface area contributed by atoms with Crippen molar-refractivity contribution in [1.29, 1.82) is 0 Å². The van der Waals surface area contributed by atoms with Gasteiger partial charge in [0.15, 0.2) is 0 Å². The van der Waals surface area contributed by atoms with E-state index in [0.29, 0.717) is 6.54 Å². The van der Waals surface area contributed by atoms with Crippen LogP contribution >= 0.6 is 0 Å². The molecule has 0 fully saturated rings. The van der Waals surface area contributed by atoms with Gasteiger partial charge in [0.05, 0.1) is 13.5 Å². The quantitative estimate of drug-likeness (QED) is 0.484. The molecule has 3 aromatic carbocycles. The number of benzene rings is 3. The van der Waals surface area contributed by atoms with E-state index in [2.05, 4.69) is 5.32 Å². The Bertz CT molecular complexity index is 1330. The SMILES string of the molecule is COc1ccccc1CNC(=O)CC1=C(C)/C(=C/c2ccc(S(C)=O)cc2)c2ccc(F)cc21. The van der Waals surface area contributed by atoms with Crippen molar-refractivity contribution in [2.45, 2.75) is 24.8 Å². The maximum absolute atomic E-state index is 14.1. The number of methoxy groups -OCH3 is 1. The number of nitrogens with one attached hydrogen (secondary N) is 1. The number of hydrogen-bond acceptors (Lipinski definition) is 3. The lowest BCUT2D eigenvalue weighted by Gasteiger charge is -2.11. The summed E-state index contributed by atoms with van der Waals surface area (Å²) in [5.41, 5.74) is 6.17. The second-order valence-corrected chi connectivity index (χ2v) is 9.52. The number of halogens is 1. The van der Waals surface area contributed by atoms with Crippen LogP contribution in [0.15, 0.2) is 77.2 Å². The summed E-state index contributed by atoms with van der Waals surface area (Å²) in [6, 6.07) is 19.7. The van der Waals surface area contributed by atoms with Crippen molar-refractivity contribution in [2.75, 3.05) is 13.4 Å². The van der Waals surface area contributed by atoms with E-state index >= 15 is 0 Å². The average Bonchev–Trinajstić information content (AvgIpc) is 3.08. The molecule has 0 spiro atoms. The number of para-hydroxylation sites is 1. The summed E-state index contributed by atoms with van der Waals surface area (Å²) < 4.78 is 31.2. The molecule has 4 nitrogen and oxygen atoms in total. The van der Waals surface area contributed by atoms with Gasteiger partial charge in [-0.05, 0) is 76.7 Å². The van der Waals surface area contributed by atoms with Crippen LogP contribution in [0.2, 0.25) is 0 Å². The summed E-state index contributed by atoms with van der Waals surface area (Å²) in [5.74, 6) is 0.232. The number of allylic oxidation sites excluding steroid dienone is 2.